The summed E-state index contributed by atoms with van der Waals surface area (Å²) in [6.07, 6.45) is 1.14. The molecule has 0 spiro atoms. The second-order valence-electron chi connectivity index (χ2n) is 4.04. The minimum atomic E-state index is -3.60. The Hall–Kier alpha value is -0.920. The fourth-order valence-corrected chi connectivity index (χ4v) is 3.25. The fraction of sp³-hybridized carbons (Fsp3) is 0.700. The standard InChI is InChI=1S/C10H18N2O4S/c1-7(5-4-6-13)12-17(14,15)10-8(2)11-16-9(10)3/h7,12-13H,4-6H2,1-3H3. The molecule has 7 heteroatoms. The minimum Gasteiger partial charge on any atom is -0.396 e. The summed E-state index contributed by atoms with van der Waals surface area (Å²) in [4.78, 5) is 0.105. The van der Waals surface area contributed by atoms with Crippen LogP contribution in [0, 0.1) is 13.8 Å². The van der Waals surface area contributed by atoms with Crippen LogP contribution < -0.4 is 4.72 Å². The highest BCUT2D eigenvalue weighted by atomic mass is 32.2. The van der Waals surface area contributed by atoms with Crippen LogP contribution in [-0.2, 0) is 10.0 Å². The summed E-state index contributed by atoms with van der Waals surface area (Å²) in [7, 11) is -3.60. The van der Waals surface area contributed by atoms with Gasteiger partial charge in [0.25, 0.3) is 0 Å². The normalized spacial score (nSPS) is 13.9. The molecule has 0 aliphatic rings. The first-order valence-corrected chi connectivity index (χ1v) is 6.93. The van der Waals surface area contributed by atoms with Gasteiger partial charge in [0.2, 0.25) is 10.0 Å². The lowest BCUT2D eigenvalue weighted by Crippen LogP contribution is -2.33. The van der Waals surface area contributed by atoms with E-state index < -0.39 is 10.0 Å². The topological polar surface area (TPSA) is 92.4 Å². The van der Waals surface area contributed by atoms with Crippen LogP contribution in [0.4, 0.5) is 0 Å². The van der Waals surface area contributed by atoms with Crippen molar-refractivity contribution in [3.63, 3.8) is 0 Å². The van der Waals surface area contributed by atoms with Crippen LogP contribution in [0.5, 0.6) is 0 Å². The molecule has 0 aliphatic carbocycles. The van der Waals surface area contributed by atoms with E-state index in [4.69, 9.17) is 9.63 Å². The quantitative estimate of drug-likeness (QED) is 0.788. The zero-order valence-electron chi connectivity index (χ0n) is 10.2. The molecule has 6 nitrogen and oxygen atoms in total. The van der Waals surface area contributed by atoms with Crippen molar-refractivity contribution in [2.45, 2.75) is 44.6 Å². The Morgan fingerprint density at radius 3 is 2.59 bits per heavy atom. The number of aryl methyl sites for hydroxylation is 2. The highest BCUT2D eigenvalue weighted by Crippen LogP contribution is 2.19. The van der Waals surface area contributed by atoms with Gasteiger partial charge in [-0.15, -0.1) is 0 Å². The molecule has 1 aromatic rings. The van der Waals surface area contributed by atoms with E-state index in [9.17, 15) is 8.42 Å². The molecule has 0 saturated carbocycles. The third-order valence-electron chi connectivity index (χ3n) is 2.39. The summed E-state index contributed by atoms with van der Waals surface area (Å²) in [6, 6.07) is -0.235. The van der Waals surface area contributed by atoms with Crippen molar-refractivity contribution < 1.29 is 18.0 Å². The van der Waals surface area contributed by atoms with Crippen molar-refractivity contribution in [2.75, 3.05) is 6.61 Å². The van der Waals surface area contributed by atoms with E-state index >= 15 is 0 Å². The predicted molar refractivity (Wildman–Crippen MR) is 62.1 cm³/mol. The lowest BCUT2D eigenvalue weighted by Gasteiger charge is -2.13. The molecule has 1 atom stereocenters. The summed E-state index contributed by atoms with van der Waals surface area (Å²) in [5.41, 5.74) is 0.351. The first-order valence-electron chi connectivity index (χ1n) is 5.44. The predicted octanol–water partition coefficient (Wildman–Crippen LogP) is 0.731. The summed E-state index contributed by atoms with van der Waals surface area (Å²) in [5.74, 6) is 0.282. The monoisotopic (exact) mass is 262 g/mol. The van der Waals surface area contributed by atoms with Crippen LogP contribution in [0.3, 0.4) is 0 Å². The number of sulfonamides is 1. The molecule has 0 bridgehead atoms. The molecular weight excluding hydrogens is 244 g/mol. The molecule has 1 aromatic heterocycles. The molecule has 0 aromatic carbocycles. The maximum absolute atomic E-state index is 12.0. The lowest BCUT2D eigenvalue weighted by molar-refractivity contribution is 0.279. The van der Waals surface area contributed by atoms with Gasteiger partial charge in [0.1, 0.15) is 10.6 Å². The summed E-state index contributed by atoms with van der Waals surface area (Å²) < 4.78 is 31.4. The number of hydrogen-bond acceptors (Lipinski definition) is 5. The van der Waals surface area contributed by atoms with E-state index in [-0.39, 0.29) is 23.3 Å². The number of aliphatic hydroxyl groups excluding tert-OH is 1. The molecule has 0 fully saturated rings. The number of hydrogen-bond donors (Lipinski definition) is 2. The van der Waals surface area contributed by atoms with Gasteiger partial charge in [-0.3, -0.25) is 0 Å². The smallest absolute Gasteiger partial charge is 0.246 e. The lowest BCUT2D eigenvalue weighted by atomic mass is 10.2. The van der Waals surface area contributed by atoms with Gasteiger partial charge in [0.15, 0.2) is 5.76 Å². The van der Waals surface area contributed by atoms with Crippen LogP contribution in [0.25, 0.3) is 0 Å². The number of aromatic nitrogens is 1. The van der Waals surface area contributed by atoms with Gasteiger partial charge in [-0.2, -0.15) is 0 Å². The molecule has 1 unspecified atom stereocenters. The van der Waals surface area contributed by atoms with Gasteiger partial charge in [-0.05, 0) is 33.6 Å². The van der Waals surface area contributed by atoms with Crippen LogP contribution in [-0.4, -0.2) is 31.3 Å². The van der Waals surface area contributed by atoms with Crippen molar-refractivity contribution >= 4 is 10.0 Å². The second-order valence-corrected chi connectivity index (χ2v) is 5.69. The van der Waals surface area contributed by atoms with Gasteiger partial charge in [0.05, 0.1) is 0 Å². The Balaban J connectivity index is 2.83. The maximum atomic E-state index is 12.0. The first-order chi connectivity index (χ1) is 7.88. The molecular formula is C10H18N2O4S. The number of nitrogens with zero attached hydrogens (tertiary/aromatic N) is 1. The second kappa shape index (κ2) is 5.61. The zero-order valence-corrected chi connectivity index (χ0v) is 11.0. The molecule has 1 rings (SSSR count). The molecule has 0 saturated heterocycles. The van der Waals surface area contributed by atoms with E-state index in [1.165, 1.54) is 0 Å². The first kappa shape index (κ1) is 14.1. The molecule has 0 aliphatic heterocycles. The average molecular weight is 262 g/mol. The van der Waals surface area contributed by atoms with E-state index in [1.807, 2.05) is 0 Å². The zero-order chi connectivity index (χ0) is 13.1. The van der Waals surface area contributed by atoms with Crippen molar-refractivity contribution in [3.05, 3.63) is 11.5 Å². The van der Waals surface area contributed by atoms with Crippen LogP contribution in [0.1, 0.15) is 31.2 Å². The Morgan fingerprint density at radius 2 is 2.12 bits per heavy atom. The molecule has 1 heterocycles. The van der Waals surface area contributed by atoms with E-state index in [0.29, 0.717) is 18.5 Å². The van der Waals surface area contributed by atoms with Gasteiger partial charge in [-0.1, -0.05) is 5.16 Å². The SMILES string of the molecule is Cc1noc(C)c1S(=O)(=O)NC(C)CCCO. The van der Waals surface area contributed by atoms with Gasteiger partial charge < -0.3 is 9.63 Å². The average Bonchev–Trinajstić information content (AvgIpc) is 2.55. The third-order valence-corrected chi connectivity index (χ3v) is 4.22. The Kier molecular flexibility index (Phi) is 4.67. The third kappa shape index (κ3) is 3.52. The molecule has 0 radical (unpaired) electrons. The van der Waals surface area contributed by atoms with Crippen LogP contribution in [0.15, 0.2) is 9.42 Å². The van der Waals surface area contributed by atoms with E-state index in [2.05, 4.69) is 9.88 Å². The Morgan fingerprint density at radius 1 is 1.47 bits per heavy atom. The minimum absolute atomic E-state index is 0.0530. The van der Waals surface area contributed by atoms with Gasteiger partial charge in [-0.25, -0.2) is 13.1 Å². The Labute approximate surface area is 101 Å². The number of nitrogens with one attached hydrogen (secondary N) is 1. The van der Waals surface area contributed by atoms with Crippen molar-refractivity contribution in [1.29, 1.82) is 0 Å². The van der Waals surface area contributed by atoms with Gasteiger partial charge in [0, 0.05) is 12.6 Å². The summed E-state index contributed by atoms with van der Waals surface area (Å²) in [5, 5.41) is 12.3. The Bertz CT molecular complexity index is 447. The van der Waals surface area contributed by atoms with Crippen molar-refractivity contribution in [1.82, 2.24) is 9.88 Å². The molecule has 17 heavy (non-hydrogen) atoms. The highest BCUT2D eigenvalue weighted by Gasteiger charge is 2.25. The highest BCUT2D eigenvalue weighted by molar-refractivity contribution is 7.89. The molecule has 0 amide bonds. The van der Waals surface area contributed by atoms with Gasteiger partial charge >= 0.3 is 0 Å². The largest absolute Gasteiger partial charge is 0.396 e. The van der Waals surface area contributed by atoms with Crippen LogP contribution >= 0.6 is 0 Å². The van der Waals surface area contributed by atoms with E-state index in [0.717, 1.165) is 0 Å². The van der Waals surface area contributed by atoms with E-state index in [1.54, 1.807) is 20.8 Å². The summed E-state index contributed by atoms with van der Waals surface area (Å²) in [6.45, 7) is 4.96. The maximum Gasteiger partial charge on any atom is 0.246 e. The molecule has 2 N–H and O–H groups in total. The van der Waals surface area contributed by atoms with Crippen LogP contribution in [0.2, 0.25) is 0 Å². The number of aliphatic hydroxyl groups is 1. The fourth-order valence-electron chi connectivity index (χ4n) is 1.64. The van der Waals surface area contributed by atoms with Crippen molar-refractivity contribution in [2.24, 2.45) is 0 Å². The summed E-state index contributed by atoms with van der Waals surface area (Å²) >= 11 is 0. The van der Waals surface area contributed by atoms with Crippen molar-refractivity contribution in [3.8, 4) is 0 Å². The molecule has 98 valence electrons. The number of rotatable bonds is 6.